The van der Waals surface area contributed by atoms with Crippen LogP contribution >= 0.6 is 0 Å². The van der Waals surface area contributed by atoms with Crippen molar-refractivity contribution in [2.45, 2.75) is 31.9 Å². The molecule has 24 heavy (non-hydrogen) atoms. The molecule has 5 nitrogen and oxygen atoms in total. The van der Waals surface area contributed by atoms with Crippen LogP contribution in [-0.2, 0) is 16.1 Å². The van der Waals surface area contributed by atoms with Crippen molar-refractivity contribution < 1.29 is 19.0 Å². The van der Waals surface area contributed by atoms with E-state index < -0.39 is 6.10 Å². The van der Waals surface area contributed by atoms with Crippen LogP contribution in [0.15, 0.2) is 24.3 Å². The first kappa shape index (κ1) is 18.8. The van der Waals surface area contributed by atoms with Gasteiger partial charge >= 0.3 is 0 Å². The fourth-order valence-electron chi connectivity index (χ4n) is 3.09. The van der Waals surface area contributed by atoms with E-state index in [0.29, 0.717) is 26.1 Å². The van der Waals surface area contributed by atoms with Gasteiger partial charge in [0.05, 0.1) is 18.6 Å². The van der Waals surface area contributed by atoms with Crippen LogP contribution in [0.25, 0.3) is 0 Å². The first-order valence-corrected chi connectivity index (χ1v) is 8.50. The van der Waals surface area contributed by atoms with Crippen LogP contribution in [0.4, 0.5) is 4.39 Å². The van der Waals surface area contributed by atoms with E-state index in [1.807, 2.05) is 6.07 Å². The lowest BCUT2D eigenvalue weighted by Gasteiger charge is -2.32. The number of amides is 1. The Morgan fingerprint density at radius 2 is 2.38 bits per heavy atom. The second-order valence-electron chi connectivity index (χ2n) is 6.39. The van der Waals surface area contributed by atoms with Crippen LogP contribution in [0.1, 0.15) is 24.8 Å². The zero-order chi connectivity index (χ0) is 17.4. The Kier molecular flexibility index (Phi) is 7.62. The van der Waals surface area contributed by atoms with E-state index in [4.69, 9.17) is 4.74 Å². The van der Waals surface area contributed by atoms with Gasteiger partial charge in [0.25, 0.3) is 0 Å². The monoisotopic (exact) mass is 338 g/mol. The van der Waals surface area contributed by atoms with Crippen molar-refractivity contribution >= 4 is 5.91 Å². The maximum Gasteiger partial charge on any atom is 0.224 e. The summed E-state index contributed by atoms with van der Waals surface area (Å²) in [5.41, 5.74) is 0.929. The number of carbonyl (C=O) groups is 1. The van der Waals surface area contributed by atoms with Crippen LogP contribution in [0, 0.1) is 11.7 Å². The van der Waals surface area contributed by atoms with Crippen molar-refractivity contribution in [3.05, 3.63) is 35.6 Å². The third kappa shape index (κ3) is 6.19. The molecule has 1 saturated heterocycles. The molecule has 0 spiro atoms. The Morgan fingerprint density at radius 3 is 3.12 bits per heavy atom. The summed E-state index contributed by atoms with van der Waals surface area (Å²) in [5.74, 6) is -0.246. The highest BCUT2D eigenvalue weighted by molar-refractivity contribution is 5.78. The van der Waals surface area contributed by atoms with E-state index in [1.165, 1.54) is 13.2 Å². The molecule has 1 heterocycles. The zero-order valence-electron chi connectivity index (χ0n) is 14.2. The minimum atomic E-state index is -0.550. The minimum Gasteiger partial charge on any atom is -0.391 e. The third-order valence-corrected chi connectivity index (χ3v) is 4.31. The number of rotatable bonds is 8. The fraction of sp³-hybridized carbons (Fsp3) is 0.611. The molecule has 6 heteroatoms. The highest BCUT2D eigenvalue weighted by Gasteiger charge is 2.25. The molecule has 1 aliphatic heterocycles. The third-order valence-electron chi connectivity index (χ3n) is 4.31. The molecule has 0 radical (unpaired) electrons. The number of hydrogen-bond acceptors (Lipinski definition) is 4. The lowest BCUT2D eigenvalue weighted by Crippen LogP contribution is -2.43. The second kappa shape index (κ2) is 9.71. The van der Waals surface area contributed by atoms with Crippen molar-refractivity contribution in [1.29, 1.82) is 0 Å². The van der Waals surface area contributed by atoms with Crippen LogP contribution in [-0.4, -0.2) is 55.4 Å². The number of piperidine rings is 1. The lowest BCUT2D eigenvalue weighted by atomic mass is 9.96. The fourth-order valence-corrected chi connectivity index (χ4v) is 3.09. The Morgan fingerprint density at radius 1 is 1.54 bits per heavy atom. The van der Waals surface area contributed by atoms with Crippen molar-refractivity contribution in [3.8, 4) is 0 Å². The van der Waals surface area contributed by atoms with Gasteiger partial charge in [0.15, 0.2) is 0 Å². The Labute approximate surface area is 142 Å². The first-order chi connectivity index (χ1) is 11.6. The number of ether oxygens (including phenoxy) is 1. The summed E-state index contributed by atoms with van der Waals surface area (Å²) >= 11 is 0. The van der Waals surface area contributed by atoms with Crippen molar-refractivity contribution in [3.63, 3.8) is 0 Å². The molecule has 2 N–H and O–H groups in total. The molecule has 0 aliphatic carbocycles. The van der Waals surface area contributed by atoms with Gasteiger partial charge in [-0.3, -0.25) is 9.69 Å². The minimum absolute atomic E-state index is 0.0311. The summed E-state index contributed by atoms with van der Waals surface area (Å²) < 4.78 is 18.1. The Balaban J connectivity index is 1.76. The molecule has 0 aromatic heterocycles. The van der Waals surface area contributed by atoms with Gasteiger partial charge in [0, 0.05) is 26.7 Å². The second-order valence-corrected chi connectivity index (χ2v) is 6.39. The van der Waals surface area contributed by atoms with Crippen molar-refractivity contribution in [2.24, 2.45) is 5.92 Å². The zero-order valence-corrected chi connectivity index (χ0v) is 14.2. The maximum absolute atomic E-state index is 13.3. The van der Waals surface area contributed by atoms with E-state index in [0.717, 1.165) is 24.9 Å². The van der Waals surface area contributed by atoms with E-state index in [1.54, 1.807) is 12.1 Å². The molecule has 0 saturated carbocycles. The number of benzene rings is 1. The molecule has 1 aromatic carbocycles. The molecule has 1 fully saturated rings. The lowest BCUT2D eigenvalue weighted by molar-refractivity contribution is -0.126. The van der Waals surface area contributed by atoms with Crippen LogP contribution in [0.3, 0.4) is 0 Å². The summed E-state index contributed by atoms with van der Waals surface area (Å²) in [6.07, 6.45) is 1.76. The molecule has 1 aliphatic rings. The summed E-state index contributed by atoms with van der Waals surface area (Å²) in [6, 6.07) is 6.60. The number of hydrogen-bond donors (Lipinski definition) is 2. The highest BCUT2D eigenvalue weighted by atomic mass is 19.1. The van der Waals surface area contributed by atoms with E-state index in [2.05, 4.69) is 10.2 Å². The van der Waals surface area contributed by atoms with Crippen LogP contribution in [0.2, 0.25) is 0 Å². The number of nitrogens with zero attached hydrogens (tertiary/aromatic N) is 1. The molecular formula is C18H27FN2O3. The topological polar surface area (TPSA) is 61.8 Å². The molecular weight excluding hydrogens is 311 g/mol. The summed E-state index contributed by atoms with van der Waals surface area (Å²) in [4.78, 5) is 14.5. The average molecular weight is 338 g/mol. The average Bonchev–Trinajstić information content (AvgIpc) is 2.55. The summed E-state index contributed by atoms with van der Waals surface area (Å²) in [6.45, 7) is 2.99. The number of likely N-dealkylation sites (tertiary alicyclic amines) is 1. The highest BCUT2D eigenvalue weighted by Crippen LogP contribution is 2.19. The Bertz CT molecular complexity index is 527. The standard InChI is InChI=1S/C18H27FN2O3/c1-24-13-17(22)7-8-20-18(23)15-5-3-9-21(12-15)11-14-4-2-6-16(19)10-14/h2,4,6,10,15,17,22H,3,5,7-9,11-13H2,1H3,(H,20,23). The van der Waals surface area contributed by atoms with Crippen molar-refractivity contribution in [2.75, 3.05) is 33.4 Å². The molecule has 1 amide bonds. The van der Waals surface area contributed by atoms with Crippen molar-refractivity contribution in [1.82, 2.24) is 10.2 Å². The molecule has 134 valence electrons. The normalized spacial score (nSPS) is 19.9. The SMILES string of the molecule is COCC(O)CCNC(=O)C1CCCN(Cc2cccc(F)c2)C1. The molecule has 2 unspecified atom stereocenters. The van der Waals surface area contributed by atoms with Gasteiger partial charge < -0.3 is 15.2 Å². The summed E-state index contributed by atoms with van der Waals surface area (Å²) in [7, 11) is 1.54. The number of halogens is 1. The number of methoxy groups -OCH3 is 1. The first-order valence-electron chi connectivity index (χ1n) is 8.50. The molecule has 2 atom stereocenters. The molecule has 1 aromatic rings. The van der Waals surface area contributed by atoms with Gasteiger partial charge in [0.2, 0.25) is 5.91 Å². The number of carbonyl (C=O) groups excluding carboxylic acids is 1. The smallest absolute Gasteiger partial charge is 0.224 e. The van der Waals surface area contributed by atoms with Gasteiger partial charge in [-0.1, -0.05) is 12.1 Å². The summed E-state index contributed by atoms with van der Waals surface area (Å²) in [5, 5.41) is 12.5. The van der Waals surface area contributed by atoms with Crippen LogP contribution < -0.4 is 5.32 Å². The van der Waals surface area contributed by atoms with E-state index in [9.17, 15) is 14.3 Å². The number of nitrogens with one attached hydrogen (secondary N) is 1. The molecule has 0 bridgehead atoms. The van der Waals surface area contributed by atoms with Gasteiger partial charge in [-0.15, -0.1) is 0 Å². The quantitative estimate of drug-likeness (QED) is 0.755. The van der Waals surface area contributed by atoms with E-state index >= 15 is 0 Å². The predicted molar refractivity (Wildman–Crippen MR) is 89.9 cm³/mol. The van der Waals surface area contributed by atoms with Gasteiger partial charge in [0.1, 0.15) is 5.82 Å². The molecule has 2 rings (SSSR count). The van der Waals surface area contributed by atoms with E-state index in [-0.39, 0.29) is 24.2 Å². The predicted octanol–water partition coefficient (Wildman–Crippen LogP) is 1.55. The maximum atomic E-state index is 13.3. The Hall–Kier alpha value is -1.50. The van der Waals surface area contributed by atoms with Crippen LogP contribution in [0.5, 0.6) is 0 Å². The van der Waals surface area contributed by atoms with Gasteiger partial charge in [-0.25, -0.2) is 4.39 Å². The van der Waals surface area contributed by atoms with Gasteiger partial charge in [-0.05, 0) is 43.5 Å². The number of aliphatic hydroxyl groups is 1. The van der Waals surface area contributed by atoms with Gasteiger partial charge in [-0.2, -0.15) is 0 Å². The number of aliphatic hydroxyl groups excluding tert-OH is 1. The largest absolute Gasteiger partial charge is 0.391 e.